The van der Waals surface area contributed by atoms with E-state index in [0.29, 0.717) is 24.5 Å². The van der Waals surface area contributed by atoms with Gasteiger partial charge in [0.15, 0.2) is 12.4 Å². The molecule has 4 heterocycles. The van der Waals surface area contributed by atoms with Gasteiger partial charge < -0.3 is 19.5 Å². The van der Waals surface area contributed by atoms with Gasteiger partial charge in [0.25, 0.3) is 0 Å². The first kappa shape index (κ1) is 24.8. The second kappa shape index (κ2) is 9.51. The first-order valence-corrected chi connectivity index (χ1v) is 12.3. The lowest BCUT2D eigenvalue weighted by Gasteiger charge is -2.44. The molecule has 10 nitrogen and oxygen atoms in total. The minimum atomic E-state index is -0.877. The van der Waals surface area contributed by atoms with E-state index in [4.69, 9.17) is 19.4 Å². The Morgan fingerprint density at radius 2 is 1.89 bits per heavy atom. The van der Waals surface area contributed by atoms with Gasteiger partial charge in [0.05, 0.1) is 35.2 Å². The zero-order valence-corrected chi connectivity index (χ0v) is 22.0. The Balaban J connectivity index is 1.55. The van der Waals surface area contributed by atoms with Crippen LogP contribution in [0.2, 0.25) is 0 Å². The van der Waals surface area contributed by atoms with Gasteiger partial charge in [-0.15, -0.1) is 0 Å². The Morgan fingerprint density at radius 3 is 2.57 bits per heavy atom. The van der Waals surface area contributed by atoms with Gasteiger partial charge in [-0.25, -0.2) is 14.8 Å². The van der Waals surface area contributed by atoms with Crippen LogP contribution in [-0.2, 0) is 11.8 Å². The number of nitrogens with zero attached hydrogens (tertiary/aromatic N) is 6. The number of hydrogen-bond donors (Lipinski definition) is 1. The number of ether oxygens (including phenoxy) is 2. The van der Waals surface area contributed by atoms with Crippen LogP contribution in [0.25, 0.3) is 33.2 Å². The van der Waals surface area contributed by atoms with Crippen LogP contribution < -0.4 is 9.64 Å². The molecule has 2 atom stereocenters. The zero-order chi connectivity index (χ0) is 26.4. The number of pyridine rings is 2. The van der Waals surface area contributed by atoms with E-state index < -0.39 is 6.09 Å². The lowest BCUT2D eigenvalue weighted by Crippen LogP contribution is -2.58. The van der Waals surface area contributed by atoms with Crippen LogP contribution in [0.3, 0.4) is 0 Å². The lowest BCUT2D eigenvalue weighted by atomic mass is 10.0. The summed E-state index contributed by atoms with van der Waals surface area (Å²) in [7, 11) is 3.49. The molecule has 0 radical (unpaired) electrons. The highest BCUT2D eigenvalue weighted by atomic mass is 16.7. The van der Waals surface area contributed by atoms with Gasteiger partial charge in [-0.1, -0.05) is 0 Å². The van der Waals surface area contributed by atoms with E-state index in [9.17, 15) is 9.90 Å². The molecule has 0 saturated carbocycles. The van der Waals surface area contributed by atoms with Crippen LogP contribution in [0.5, 0.6) is 5.75 Å². The molecule has 194 valence electrons. The average Bonchev–Trinajstić information content (AvgIpc) is 3.23. The highest BCUT2D eigenvalue weighted by Crippen LogP contribution is 2.38. The largest absolute Gasteiger partial charge is 0.466 e. The summed E-state index contributed by atoms with van der Waals surface area (Å²) in [6.07, 6.45) is 2.95. The van der Waals surface area contributed by atoms with E-state index in [1.54, 1.807) is 11.8 Å². The number of aromatic nitrogens is 4. The van der Waals surface area contributed by atoms with E-state index in [1.807, 2.05) is 58.4 Å². The second-order valence-corrected chi connectivity index (χ2v) is 9.80. The number of piperazine rings is 1. The van der Waals surface area contributed by atoms with Gasteiger partial charge in [0.1, 0.15) is 5.75 Å². The minimum absolute atomic E-state index is 0.118. The molecule has 0 unspecified atom stereocenters. The lowest BCUT2D eigenvalue weighted by molar-refractivity contribution is 0.0511. The highest BCUT2D eigenvalue weighted by molar-refractivity contribution is 5.92. The Morgan fingerprint density at radius 1 is 1.16 bits per heavy atom. The summed E-state index contributed by atoms with van der Waals surface area (Å²) in [4.78, 5) is 25.0. The Kier molecular flexibility index (Phi) is 6.36. The number of fused-ring (bicyclic) bond motifs is 2. The molecule has 37 heavy (non-hydrogen) atoms. The molecule has 0 spiro atoms. The van der Waals surface area contributed by atoms with Gasteiger partial charge in [-0.2, -0.15) is 5.10 Å². The Hall–Kier alpha value is -3.92. The number of amides is 1. The summed E-state index contributed by atoms with van der Waals surface area (Å²) < 4.78 is 13.0. The van der Waals surface area contributed by atoms with Gasteiger partial charge in [-0.05, 0) is 51.5 Å². The molecule has 1 aliphatic heterocycles. The number of hydrogen-bond acceptors (Lipinski definition) is 7. The number of rotatable bonds is 5. The predicted molar refractivity (Wildman–Crippen MR) is 142 cm³/mol. The Labute approximate surface area is 215 Å². The average molecular weight is 505 g/mol. The van der Waals surface area contributed by atoms with Crippen LogP contribution in [0.15, 0.2) is 30.6 Å². The van der Waals surface area contributed by atoms with Crippen LogP contribution in [0.1, 0.15) is 25.0 Å². The normalized spacial score (nSPS) is 18.1. The van der Waals surface area contributed by atoms with Gasteiger partial charge in [0, 0.05) is 55.3 Å². The Bertz CT molecular complexity index is 1490. The van der Waals surface area contributed by atoms with Gasteiger partial charge in [0.2, 0.25) is 0 Å². The van der Waals surface area contributed by atoms with Crippen molar-refractivity contribution in [3.8, 4) is 17.0 Å². The molecular formula is C27H32N6O4. The van der Waals surface area contributed by atoms with Crippen LogP contribution in [0, 0.1) is 13.8 Å². The molecule has 1 fully saturated rings. The first-order valence-electron chi connectivity index (χ1n) is 12.3. The van der Waals surface area contributed by atoms with Gasteiger partial charge in [-0.3, -0.25) is 9.58 Å². The summed E-state index contributed by atoms with van der Waals surface area (Å²) in [5.74, 6) is 0.688. The third-order valence-corrected chi connectivity index (χ3v) is 7.15. The summed E-state index contributed by atoms with van der Waals surface area (Å²) in [6, 6.07) is 5.85. The van der Waals surface area contributed by atoms with E-state index >= 15 is 0 Å². The van der Waals surface area contributed by atoms with Crippen molar-refractivity contribution >= 4 is 33.7 Å². The van der Waals surface area contributed by atoms with Crippen molar-refractivity contribution in [2.75, 3.05) is 31.9 Å². The standard InChI is InChI=1S/C27H32N6O4/c1-15-11-32(12-16(2)33(15)27(34)35)23-10-28-26-20(17(23)3)7-8-22(29-26)21-9-19-13-31(5)30-24(19)18(4)25(21)37-14-36-6/h7-10,13,15-16H,11-12,14H2,1-6H3,(H,34,35)/t15-,16-/m0/s1. The number of aryl methyl sites for hydroxylation is 3. The molecule has 0 aliphatic carbocycles. The molecule has 1 N–H and O–H groups in total. The summed E-state index contributed by atoms with van der Waals surface area (Å²) in [5.41, 5.74) is 6.13. The number of benzene rings is 1. The van der Waals surface area contributed by atoms with Crippen molar-refractivity contribution in [1.29, 1.82) is 0 Å². The molecule has 10 heteroatoms. The minimum Gasteiger partial charge on any atom is -0.466 e. The topological polar surface area (TPSA) is 106 Å². The maximum absolute atomic E-state index is 11.7. The monoisotopic (exact) mass is 504 g/mol. The van der Waals surface area contributed by atoms with Crippen molar-refractivity contribution in [3.05, 3.63) is 41.7 Å². The molecule has 1 aliphatic rings. The SMILES string of the molecule is COCOc1c(-c2ccc3c(C)c(N4C[C@H](C)N(C(=O)O)[C@@H](C)C4)cnc3n2)cc2cn(C)nc2c1C. The van der Waals surface area contributed by atoms with E-state index in [1.165, 1.54) is 4.90 Å². The first-order chi connectivity index (χ1) is 17.7. The summed E-state index contributed by atoms with van der Waals surface area (Å²) >= 11 is 0. The molecule has 3 aromatic heterocycles. The molecule has 1 aromatic carbocycles. The highest BCUT2D eigenvalue weighted by Gasteiger charge is 2.33. The number of methoxy groups -OCH3 is 1. The fourth-order valence-electron chi connectivity index (χ4n) is 5.49. The molecular weight excluding hydrogens is 472 g/mol. The number of anilines is 1. The molecule has 1 saturated heterocycles. The smallest absolute Gasteiger partial charge is 0.407 e. The van der Waals surface area contributed by atoms with Crippen molar-refractivity contribution in [3.63, 3.8) is 0 Å². The van der Waals surface area contributed by atoms with Crippen molar-refractivity contribution in [1.82, 2.24) is 24.6 Å². The van der Waals surface area contributed by atoms with Crippen LogP contribution in [-0.4, -0.2) is 74.9 Å². The van der Waals surface area contributed by atoms with Crippen LogP contribution in [0.4, 0.5) is 10.5 Å². The van der Waals surface area contributed by atoms with Crippen molar-refractivity contribution in [2.24, 2.45) is 7.05 Å². The molecule has 5 rings (SSSR count). The molecule has 0 bridgehead atoms. The number of carboxylic acid groups (broad SMARTS) is 1. The fourth-order valence-corrected chi connectivity index (χ4v) is 5.49. The zero-order valence-electron chi connectivity index (χ0n) is 22.0. The van der Waals surface area contributed by atoms with Crippen molar-refractivity contribution in [2.45, 2.75) is 39.8 Å². The van der Waals surface area contributed by atoms with E-state index in [0.717, 1.165) is 44.4 Å². The third kappa shape index (κ3) is 4.31. The molecule has 1 amide bonds. The molecule has 4 aromatic rings. The fraction of sp³-hybridized carbons (Fsp3) is 0.407. The maximum atomic E-state index is 11.7. The van der Waals surface area contributed by atoms with E-state index in [2.05, 4.69) is 16.9 Å². The quantitative estimate of drug-likeness (QED) is 0.400. The van der Waals surface area contributed by atoms with Crippen LogP contribution >= 0.6 is 0 Å². The maximum Gasteiger partial charge on any atom is 0.407 e. The summed E-state index contributed by atoms with van der Waals surface area (Å²) in [6.45, 7) is 9.29. The van der Waals surface area contributed by atoms with Crippen molar-refractivity contribution < 1.29 is 19.4 Å². The third-order valence-electron chi connectivity index (χ3n) is 7.15. The van der Waals surface area contributed by atoms with E-state index in [-0.39, 0.29) is 18.9 Å². The summed E-state index contributed by atoms with van der Waals surface area (Å²) in [5, 5.41) is 16.1. The number of carbonyl (C=O) groups is 1. The second-order valence-electron chi connectivity index (χ2n) is 9.80. The predicted octanol–water partition coefficient (Wildman–Crippen LogP) is 4.36. The van der Waals surface area contributed by atoms with Gasteiger partial charge >= 0.3 is 6.09 Å².